The summed E-state index contributed by atoms with van der Waals surface area (Å²) in [5, 5.41) is 2.81. The molecule has 0 bridgehead atoms. The fourth-order valence-electron chi connectivity index (χ4n) is 3.67. The van der Waals surface area contributed by atoms with Crippen LogP contribution in [-0.4, -0.2) is 18.1 Å². The number of methoxy groups -OCH3 is 1. The molecule has 0 saturated carbocycles. The molecule has 0 aliphatic heterocycles. The van der Waals surface area contributed by atoms with Crippen LogP contribution < -0.4 is 9.47 Å². The van der Waals surface area contributed by atoms with Crippen LogP contribution in [-0.2, 0) is 0 Å². The van der Waals surface area contributed by atoms with Crippen LogP contribution in [0.15, 0.2) is 95.5 Å². The second-order valence-electron chi connectivity index (χ2n) is 7.34. The van der Waals surface area contributed by atoms with Crippen LogP contribution in [0.5, 0.6) is 11.5 Å². The first kappa shape index (κ1) is 20.2. The maximum absolute atomic E-state index is 13.2. The lowest BCUT2D eigenvalue weighted by Gasteiger charge is -2.11. The molecule has 0 fully saturated rings. The topological polar surface area (TPSA) is 48.4 Å². The summed E-state index contributed by atoms with van der Waals surface area (Å²) in [6.45, 7) is 0. The van der Waals surface area contributed by atoms with Crippen LogP contribution in [0.3, 0.4) is 0 Å². The van der Waals surface area contributed by atoms with E-state index in [9.17, 15) is 4.79 Å². The highest BCUT2D eigenvalue weighted by Gasteiger charge is 2.16. The minimum Gasteiger partial charge on any atom is -0.497 e. The first-order valence-corrected chi connectivity index (χ1v) is 10.9. The highest BCUT2D eigenvalue weighted by Crippen LogP contribution is 2.29. The molecule has 0 aliphatic rings. The third-order valence-electron chi connectivity index (χ3n) is 5.31. The number of carbonyl (C=O) groups excluding carboxylic acids is 1. The fraction of sp³-hybridized carbons (Fsp3) is 0.0370. The average molecular weight is 484 g/mol. The van der Waals surface area contributed by atoms with Crippen molar-refractivity contribution in [3.05, 3.63) is 101 Å². The van der Waals surface area contributed by atoms with Gasteiger partial charge in [-0.05, 0) is 71.4 Å². The van der Waals surface area contributed by atoms with Crippen molar-refractivity contribution in [1.29, 1.82) is 0 Å². The number of ether oxygens (including phenoxy) is 2. The number of nitrogens with zero attached hydrogens (tertiary/aromatic N) is 1. The molecule has 5 rings (SSSR count). The molecule has 1 aromatic heterocycles. The highest BCUT2D eigenvalue weighted by atomic mass is 79.9. The number of halogens is 1. The van der Waals surface area contributed by atoms with Crippen molar-refractivity contribution in [3.8, 4) is 22.8 Å². The Bertz CT molecular complexity index is 1460. The summed E-state index contributed by atoms with van der Waals surface area (Å²) in [5.41, 5.74) is 2.79. The molecule has 1 heterocycles. The lowest BCUT2D eigenvalue weighted by Crippen LogP contribution is -2.10. The Morgan fingerprint density at radius 1 is 0.812 bits per heavy atom. The molecule has 5 heteroatoms. The molecule has 156 valence electrons. The maximum Gasteiger partial charge on any atom is 0.344 e. The van der Waals surface area contributed by atoms with Crippen LogP contribution in [0, 0.1) is 0 Å². The van der Waals surface area contributed by atoms with Gasteiger partial charge in [0.2, 0.25) is 0 Å². The van der Waals surface area contributed by atoms with Gasteiger partial charge in [-0.15, -0.1) is 0 Å². The number of pyridine rings is 1. The standard InChI is InChI=1S/C27H18BrNO3/c1-31-21-11-7-17(8-12-21)26-16-24(23-4-2-3-5-25(23)29-26)27(30)32-22-13-9-18-14-20(28)10-6-19(18)15-22/h2-16H,1H3. The summed E-state index contributed by atoms with van der Waals surface area (Å²) in [4.78, 5) is 18.0. The van der Waals surface area contributed by atoms with Crippen LogP contribution in [0.4, 0.5) is 0 Å². The van der Waals surface area contributed by atoms with Crippen molar-refractivity contribution in [3.63, 3.8) is 0 Å². The highest BCUT2D eigenvalue weighted by molar-refractivity contribution is 9.10. The van der Waals surface area contributed by atoms with Crippen molar-refractivity contribution in [1.82, 2.24) is 4.98 Å². The van der Waals surface area contributed by atoms with E-state index in [2.05, 4.69) is 15.9 Å². The van der Waals surface area contributed by atoms with E-state index in [1.54, 1.807) is 19.2 Å². The third-order valence-corrected chi connectivity index (χ3v) is 5.80. The molecular formula is C27H18BrNO3. The zero-order valence-electron chi connectivity index (χ0n) is 17.2. The molecule has 0 amide bonds. The Balaban J connectivity index is 1.54. The second-order valence-corrected chi connectivity index (χ2v) is 8.26. The molecule has 4 nitrogen and oxygen atoms in total. The SMILES string of the molecule is COc1ccc(-c2cc(C(=O)Oc3ccc4cc(Br)ccc4c3)c3ccccc3n2)cc1. The molecular weight excluding hydrogens is 466 g/mol. The number of esters is 1. The van der Waals surface area contributed by atoms with Crippen LogP contribution in [0.25, 0.3) is 32.9 Å². The Hall–Kier alpha value is -3.70. The van der Waals surface area contributed by atoms with E-state index < -0.39 is 5.97 Å². The van der Waals surface area contributed by atoms with Gasteiger partial charge in [-0.1, -0.05) is 46.3 Å². The number of carbonyl (C=O) groups is 1. The van der Waals surface area contributed by atoms with Crippen molar-refractivity contribution < 1.29 is 14.3 Å². The largest absolute Gasteiger partial charge is 0.497 e. The summed E-state index contributed by atoms with van der Waals surface area (Å²) >= 11 is 3.48. The molecule has 32 heavy (non-hydrogen) atoms. The normalized spacial score (nSPS) is 10.9. The van der Waals surface area contributed by atoms with Gasteiger partial charge in [-0.3, -0.25) is 0 Å². The Kier molecular flexibility index (Phi) is 5.33. The number of benzene rings is 4. The zero-order chi connectivity index (χ0) is 22.1. The summed E-state index contributed by atoms with van der Waals surface area (Å²) in [6.07, 6.45) is 0. The van der Waals surface area contributed by atoms with E-state index in [0.29, 0.717) is 17.0 Å². The average Bonchev–Trinajstić information content (AvgIpc) is 2.83. The quantitative estimate of drug-likeness (QED) is 0.203. The Morgan fingerprint density at radius 2 is 1.53 bits per heavy atom. The maximum atomic E-state index is 13.2. The minimum atomic E-state index is -0.421. The molecule has 0 unspecified atom stereocenters. The monoisotopic (exact) mass is 483 g/mol. The summed E-state index contributed by atoms with van der Waals surface area (Å²) in [7, 11) is 1.63. The first-order valence-electron chi connectivity index (χ1n) is 10.1. The molecule has 0 saturated heterocycles. The van der Waals surface area contributed by atoms with Gasteiger partial charge in [0, 0.05) is 15.4 Å². The summed E-state index contributed by atoms with van der Waals surface area (Å²) in [5.74, 6) is 0.837. The van der Waals surface area contributed by atoms with Crippen molar-refractivity contribution in [2.24, 2.45) is 0 Å². The fourth-order valence-corrected chi connectivity index (χ4v) is 4.05. The molecule has 0 radical (unpaired) electrons. The van der Waals surface area contributed by atoms with Crippen LogP contribution in [0.2, 0.25) is 0 Å². The van der Waals surface area contributed by atoms with Gasteiger partial charge in [-0.2, -0.15) is 0 Å². The molecule has 0 N–H and O–H groups in total. The lowest BCUT2D eigenvalue weighted by atomic mass is 10.0. The van der Waals surface area contributed by atoms with Crippen molar-refractivity contribution in [2.45, 2.75) is 0 Å². The number of fused-ring (bicyclic) bond motifs is 2. The van der Waals surface area contributed by atoms with E-state index in [0.717, 1.165) is 37.5 Å². The first-order chi connectivity index (χ1) is 15.6. The molecule has 0 aliphatic carbocycles. The van der Waals surface area contributed by atoms with Crippen molar-refractivity contribution in [2.75, 3.05) is 7.11 Å². The van der Waals surface area contributed by atoms with Gasteiger partial charge in [0.15, 0.2) is 0 Å². The van der Waals surface area contributed by atoms with Gasteiger partial charge in [0.25, 0.3) is 0 Å². The van der Waals surface area contributed by atoms with Gasteiger partial charge >= 0.3 is 5.97 Å². The smallest absolute Gasteiger partial charge is 0.344 e. The number of para-hydroxylation sites is 1. The lowest BCUT2D eigenvalue weighted by molar-refractivity contribution is 0.0737. The van der Waals surface area contributed by atoms with Gasteiger partial charge < -0.3 is 9.47 Å². The van der Waals surface area contributed by atoms with E-state index in [4.69, 9.17) is 14.5 Å². The summed E-state index contributed by atoms with van der Waals surface area (Å²) < 4.78 is 12.0. The number of hydrogen-bond acceptors (Lipinski definition) is 4. The molecule has 0 spiro atoms. The van der Waals surface area contributed by atoms with Gasteiger partial charge in [0.05, 0.1) is 23.9 Å². The number of rotatable bonds is 4. The van der Waals surface area contributed by atoms with E-state index in [1.807, 2.05) is 78.9 Å². The molecule has 5 aromatic rings. The summed E-state index contributed by atoms with van der Waals surface area (Å²) in [6, 6.07) is 28.5. The number of aromatic nitrogens is 1. The van der Waals surface area contributed by atoms with E-state index in [1.165, 1.54) is 0 Å². The predicted octanol–water partition coefficient (Wildman–Crippen LogP) is 7.05. The Labute approximate surface area is 193 Å². The van der Waals surface area contributed by atoms with Crippen LogP contribution in [0.1, 0.15) is 10.4 Å². The van der Waals surface area contributed by atoms with E-state index in [-0.39, 0.29) is 0 Å². The van der Waals surface area contributed by atoms with Gasteiger partial charge in [0.1, 0.15) is 11.5 Å². The van der Waals surface area contributed by atoms with Gasteiger partial charge in [-0.25, -0.2) is 9.78 Å². The minimum absolute atomic E-state index is 0.421. The second kappa shape index (κ2) is 8.44. The Morgan fingerprint density at radius 3 is 2.34 bits per heavy atom. The third kappa shape index (κ3) is 3.95. The molecule has 4 aromatic carbocycles. The van der Waals surface area contributed by atoms with Crippen LogP contribution >= 0.6 is 15.9 Å². The number of hydrogen-bond donors (Lipinski definition) is 0. The van der Waals surface area contributed by atoms with E-state index >= 15 is 0 Å². The van der Waals surface area contributed by atoms with Crippen molar-refractivity contribution >= 4 is 43.6 Å². The molecule has 0 atom stereocenters. The zero-order valence-corrected chi connectivity index (χ0v) is 18.8. The predicted molar refractivity (Wildman–Crippen MR) is 130 cm³/mol.